The standard InChI is InChI=1S/C23H36N4O3/c1-16-13-17(14-25-21(24-5)26-15-19-7-6-12-29-19)8-11-20(16)27(18-9-10-18)22(28)30-23(2,3)4/h8,11,13,18-19H,6-7,9-10,12,14-15H2,1-5H3,(H2,24,25,26). The van der Waals surface area contributed by atoms with E-state index in [0.29, 0.717) is 6.54 Å². The third-order valence-corrected chi connectivity index (χ3v) is 5.23. The Morgan fingerprint density at radius 1 is 1.27 bits per heavy atom. The van der Waals surface area contributed by atoms with Gasteiger partial charge in [0, 0.05) is 32.8 Å². The number of carbonyl (C=O) groups is 1. The third-order valence-electron chi connectivity index (χ3n) is 5.23. The van der Waals surface area contributed by atoms with E-state index in [9.17, 15) is 4.79 Å². The number of ether oxygens (including phenoxy) is 2. The molecule has 3 rings (SSSR count). The first-order chi connectivity index (χ1) is 14.3. The Bertz CT molecular complexity index is 762. The first-order valence-corrected chi connectivity index (χ1v) is 10.9. The van der Waals surface area contributed by atoms with Crippen LogP contribution in [0.2, 0.25) is 0 Å². The highest BCUT2D eigenvalue weighted by molar-refractivity contribution is 5.90. The quantitative estimate of drug-likeness (QED) is 0.546. The van der Waals surface area contributed by atoms with E-state index in [4.69, 9.17) is 9.47 Å². The monoisotopic (exact) mass is 416 g/mol. The fourth-order valence-corrected chi connectivity index (χ4v) is 3.61. The first kappa shape index (κ1) is 22.4. The molecule has 166 valence electrons. The van der Waals surface area contributed by atoms with Crippen LogP contribution in [0.25, 0.3) is 0 Å². The Morgan fingerprint density at radius 2 is 2.03 bits per heavy atom. The molecule has 0 aromatic heterocycles. The minimum atomic E-state index is -0.506. The number of nitrogens with one attached hydrogen (secondary N) is 2. The van der Waals surface area contributed by atoms with Crippen LogP contribution in [0.5, 0.6) is 0 Å². The van der Waals surface area contributed by atoms with Crippen molar-refractivity contribution in [2.24, 2.45) is 4.99 Å². The second-order valence-electron chi connectivity index (χ2n) is 9.14. The smallest absolute Gasteiger partial charge is 0.415 e. The predicted molar refractivity (Wildman–Crippen MR) is 120 cm³/mol. The summed E-state index contributed by atoms with van der Waals surface area (Å²) in [5, 5.41) is 6.68. The lowest BCUT2D eigenvalue weighted by atomic mass is 10.1. The van der Waals surface area contributed by atoms with Crippen molar-refractivity contribution < 1.29 is 14.3 Å². The van der Waals surface area contributed by atoms with Gasteiger partial charge in [-0.1, -0.05) is 12.1 Å². The third kappa shape index (κ3) is 6.36. The molecule has 7 nitrogen and oxygen atoms in total. The highest BCUT2D eigenvalue weighted by Crippen LogP contribution is 2.35. The van der Waals surface area contributed by atoms with E-state index in [0.717, 1.165) is 61.6 Å². The van der Waals surface area contributed by atoms with E-state index < -0.39 is 5.60 Å². The zero-order valence-corrected chi connectivity index (χ0v) is 19.0. The molecule has 30 heavy (non-hydrogen) atoms. The second kappa shape index (κ2) is 9.69. The summed E-state index contributed by atoms with van der Waals surface area (Å²) in [7, 11) is 1.77. The van der Waals surface area contributed by atoms with Gasteiger partial charge in [0.15, 0.2) is 5.96 Å². The van der Waals surface area contributed by atoms with Crippen molar-refractivity contribution in [2.45, 2.75) is 77.7 Å². The summed E-state index contributed by atoms with van der Waals surface area (Å²) in [4.78, 5) is 18.9. The summed E-state index contributed by atoms with van der Waals surface area (Å²) < 4.78 is 11.3. The van der Waals surface area contributed by atoms with Crippen molar-refractivity contribution in [3.63, 3.8) is 0 Å². The molecule has 1 atom stereocenters. The van der Waals surface area contributed by atoms with Gasteiger partial charge in [-0.05, 0) is 70.6 Å². The van der Waals surface area contributed by atoms with Gasteiger partial charge in [-0.25, -0.2) is 4.79 Å². The van der Waals surface area contributed by atoms with Crippen molar-refractivity contribution in [1.82, 2.24) is 10.6 Å². The predicted octanol–water partition coefficient (Wildman–Crippen LogP) is 3.74. The maximum absolute atomic E-state index is 12.8. The van der Waals surface area contributed by atoms with Gasteiger partial charge in [-0.2, -0.15) is 0 Å². The molecule has 1 aromatic carbocycles. The topological polar surface area (TPSA) is 75.2 Å². The molecule has 2 N–H and O–H groups in total. The normalized spacial score (nSPS) is 19.5. The molecule has 2 aliphatic rings. The summed E-state index contributed by atoms with van der Waals surface area (Å²) >= 11 is 0. The van der Waals surface area contributed by atoms with Crippen molar-refractivity contribution in [1.29, 1.82) is 0 Å². The Balaban J connectivity index is 1.60. The van der Waals surface area contributed by atoms with E-state index in [1.807, 2.05) is 38.7 Å². The van der Waals surface area contributed by atoms with Crippen LogP contribution < -0.4 is 15.5 Å². The zero-order chi connectivity index (χ0) is 21.7. The summed E-state index contributed by atoms with van der Waals surface area (Å²) in [5.74, 6) is 0.764. The Kier molecular flexibility index (Phi) is 7.23. The average Bonchev–Trinajstić information content (AvgIpc) is 3.36. The number of anilines is 1. The lowest BCUT2D eigenvalue weighted by Crippen LogP contribution is -2.40. The molecule has 1 unspecified atom stereocenters. The van der Waals surface area contributed by atoms with Gasteiger partial charge >= 0.3 is 6.09 Å². The molecule has 1 aliphatic heterocycles. The molecule has 0 radical (unpaired) electrons. The maximum atomic E-state index is 12.8. The van der Waals surface area contributed by atoms with E-state index in [-0.39, 0.29) is 18.2 Å². The van der Waals surface area contributed by atoms with Crippen LogP contribution in [0.4, 0.5) is 10.5 Å². The van der Waals surface area contributed by atoms with Crippen LogP contribution >= 0.6 is 0 Å². The molecule has 1 heterocycles. The molecule has 1 amide bonds. The van der Waals surface area contributed by atoms with Gasteiger partial charge in [0.25, 0.3) is 0 Å². The zero-order valence-electron chi connectivity index (χ0n) is 19.0. The summed E-state index contributed by atoms with van der Waals surface area (Å²) in [6.07, 6.45) is 4.28. The highest BCUT2D eigenvalue weighted by Gasteiger charge is 2.37. The van der Waals surface area contributed by atoms with Crippen LogP contribution in [0.1, 0.15) is 57.6 Å². The van der Waals surface area contributed by atoms with Gasteiger partial charge < -0.3 is 20.1 Å². The molecular formula is C23H36N4O3. The molecular weight excluding hydrogens is 380 g/mol. The first-order valence-electron chi connectivity index (χ1n) is 10.9. The fourth-order valence-electron chi connectivity index (χ4n) is 3.61. The Hall–Kier alpha value is -2.28. The van der Waals surface area contributed by atoms with Gasteiger partial charge in [0.05, 0.1) is 11.8 Å². The maximum Gasteiger partial charge on any atom is 0.415 e. The number of benzene rings is 1. The number of aliphatic imine (C=N–C) groups is 1. The Labute approximate surface area is 180 Å². The lowest BCUT2D eigenvalue weighted by Gasteiger charge is -2.28. The molecule has 7 heteroatoms. The van der Waals surface area contributed by atoms with Crippen molar-refractivity contribution in [3.05, 3.63) is 29.3 Å². The van der Waals surface area contributed by atoms with Crippen molar-refractivity contribution >= 4 is 17.7 Å². The van der Waals surface area contributed by atoms with E-state index in [1.54, 1.807) is 7.05 Å². The van der Waals surface area contributed by atoms with Crippen LogP contribution in [-0.4, -0.2) is 50.0 Å². The average molecular weight is 417 g/mol. The minimum absolute atomic E-state index is 0.239. The molecule has 2 fully saturated rings. The summed E-state index contributed by atoms with van der Waals surface area (Å²) in [5.41, 5.74) is 2.62. The van der Waals surface area contributed by atoms with E-state index in [1.165, 1.54) is 0 Å². The van der Waals surface area contributed by atoms with Gasteiger partial charge in [0.2, 0.25) is 0 Å². The number of carbonyl (C=O) groups excluding carboxylic acids is 1. The SMILES string of the molecule is CN=C(NCc1ccc(N(C(=O)OC(C)(C)C)C2CC2)c(C)c1)NCC1CCCO1. The van der Waals surface area contributed by atoms with E-state index in [2.05, 4.69) is 27.8 Å². The number of aryl methyl sites for hydroxylation is 1. The Morgan fingerprint density at radius 3 is 2.60 bits per heavy atom. The molecule has 0 spiro atoms. The number of hydrogen-bond donors (Lipinski definition) is 2. The second-order valence-corrected chi connectivity index (χ2v) is 9.14. The molecule has 1 aliphatic carbocycles. The molecule has 1 saturated heterocycles. The minimum Gasteiger partial charge on any atom is -0.443 e. The fraction of sp³-hybridized carbons (Fsp3) is 0.652. The van der Waals surface area contributed by atoms with Crippen molar-refractivity contribution in [2.75, 3.05) is 25.1 Å². The highest BCUT2D eigenvalue weighted by atomic mass is 16.6. The lowest BCUT2D eigenvalue weighted by molar-refractivity contribution is 0.0577. The number of rotatable bonds is 6. The van der Waals surface area contributed by atoms with Gasteiger partial charge in [-0.15, -0.1) is 0 Å². The van der Waals surface area contributed by atoms with E-state index >= 15 is 0 Å². The number of hydrogen-bond acceptors (Lipinski definition) is 4. The van der Waals surface area contributed by atoms with Crippen LogP contribution in [-0.2, 0) is 16.0 Å². The van der Waals surface area contributed by atoms with Crippen LogP contribution in [0, 0.1) is 6.92 Å². The summed E-state index contributed by atoms with van der Waals surface area (Å²) in [6.45, 7) is 10.0. The summed E-state index contributed by atoms with van der Waals surface area (Å²) in [6, 6.07) is 6.44. The van der Waals surface area contributed by atoms with Crippen molar-refractivity contribution in [3.8, 4) is 0 Å². The molecule has 0 bridgehead atoms. The van der Waals surface area contributed by atoms with Gasteiger partial charge in [0.1, 0.15) is 5.60 Å². The largest absolute Gasteiger partial charge is 0.443 e. The molecule has 1 saturated carbocycles. The van der Waals surface area contributed by atoms with Crippen LogP contribution in [0.3, 0.4) is 0 Å². The number of nitrogens with zero attached hydrogens (tertiary/aromatic N) is 2. The van der Waals surface area contributed by atoms with Gasteiger partial charge in [-0.3, -0.25) is 9.89 Å². The number of amides is 1. The molecule has 1 aromatic rings. The van der Waals surface area contributed by atoms with Crippen LogP contribution in [0.15, 0.2) is 23.2 Å². The number of guanidine groups is 1.